The number of carbonyl (C=O) groups is 2. The van der Waals surface area contributed by atoms with Gasteiger partial charge in [0, 0.05) is 4.47 Å². The van der Waals surface area contributed by atoms with Crippen molar-refractivity contribution in [2.75, 3.05) is 6.61 Å². The lowest BCUT2D eigenvalue weighted by Crippen LogP contribution is -2.18. The topological polar surface area (TPSA) is 72.8 Å². The molecule has 5 nitrogen and oxygen atoms in total. The second-order valence-corrected chi connectivity index (χ2v) is 6.33. The number of carbonyl (C=O) groups excluding carboxylic acids is 1. The fourth-order valence-electron chi connectivity index (χ4n) is 1.72. The molecule has 0 fully saturated rings. The highest BCUT2D eigenvalue weighted by molar-refractivity contribution is 9.10. The van der Waals surface area contributed by atoms with Gasteiger partial charge in [0.2, 0.25) is 0 Å². The van der Waals surface area contributed by atoms with E-state index < -0.39 is 11.9 Å². The first kappa shape index (κ1) is 17.5. The SMILES string of the molecule is Cc1cc(OCC(=O)Oc2ccc(C(=O)O)cc2Br)ccc1Br. The summed E-state index contributed by atoms with van der Waals surface area (Å²) in [4.78, 5) is 22.7. The van der Waals surface area contributed by atoms with Gasteiger partial charge in [-0.15, -0.1) is 0 Å². The normalized spacial score (nSPS) is 10.2. The Hall–Kier alpha value is -1.86. The van der Waals surface area contributed by atoms with Gasteiger partial charge in [0.25, 0.3) is 0 Å². The summed E-state index contributed by atoms with van der Waals surface area (Å²) in [5.74, 6) is -0.856. The Kier molecular flexibility index (Phi) is 5.79. The van der Waals surface area contributed by atoms with Crippen molar-refractivity contribution in [1.29, 1.82) is 0 Å². The number of halogens is 2. The third kappa shape index (κ3) is 4.80. The molecule has 0 aliphatic rings. The summed E-state index contributed by atoms with van der Waals surface area (Å²) in [6.45, 7) is 1.66. The Morgan fingerprint density at radius 3 is 2.43 bits per heavy atom. The molecule has 0 spiro atoms. The maximum atomic E-state index is 11.8. The summed E-state index contributed by atoms with van der Waals surface area (Å²) >= 11 is 6.55. The molecule has 0 amide bonds. The lowest BCUT2D eigenvalue weighted by Gasteiger charge is -2.09. The van der Waals surface area contributed by atoms with Gasteiger partial charge in [-0.05, 0) is 64.8 Å². The third-order valence-corrected chi connectivity index (χ3v) is 4.40. The average Bonchev–Trinajstić information content (AvgIpc) is 2.50. The highest BCUT2D eigenvalue weighted by atomic mass is 79.9. The van der Waals surface area contributed by atoms with E-state index >= 15 is 0 Å². The van der Waals surface area contributed by atoms with Crippen molar-refractivity contribution in [3.05, 3.63) is 56.5 Å². The molecule has 2 rings (SSSR count). The summed E-state index contributed by atoms with van der Waals surface area (Å²) in [7, 11) is 0. The second kappa shape index (κ2) is 7.61. The molecule has 0 radical (unpaired) electrons. The Balaban J connectivity index is 1.97. The van der Waals surface area contributed by atoms with E-state index in [1.54, 1.807) is 12.1 Å². The van der Waals surface area contributed by atoms with Gasteiger partial charge in [0.05, 0.1) is 10.0 Å². The van der Waals surface area contributed by atoms with Crippen LogP contribution in [0, 0.1) is 6.92 Å². The molecule has 1 N–H and O–H groups in total. The Bertz CT molecular complexity index is 758. The predicted octanol–water partition coefficient (Wildman–Crippen LogP) is 4.20. The molecule has 2 aromatic rings. The molecule has 7 heteroatoms. The van der Waals surface area contributed by atoms with Crippen molar-refractivity contribution < 1.29 is 24.2 Å². The molecule has 0 aromatic heterocycles. The zero-order valence-electron chi connectivity index (χ0n) is 12.0. The quantitative estimate of drug-likeness (QED) is 0.553. The molecule has 0 unspecified atom stereocenters. The molecule has 0 bridgehead atoms. The number of aromatic carboxylic acids is 1. The first-order valence-electron chi connectivity index (χ1n) is 6.49. The number of benzene rings is 2. The van der Waals surface area contributed by atoms with Crippen LogP contribution in [-0.4, -0.2) is 23.7 Å². The van der Waals surface area contributed by atoms with E-state index in [1.165, 1.54) is 18.2 Å². The van der Waals surface area contributed by atoms with E-state index in [2.05, 4.69) is 31.9 Å². The molecule has 0 saturated heterocycles. The van der Waals surface area contributed by atoms with Crippen LogP contribution in [0.4, 0.5) is 0 Å². The van der Waals surface area contributed by atoms with E-state index in [9.17, 15) is 9.59 Å². The first-order valence-corrected chi connectivity index (χ1v) is 8.08. The Morgan fingerprint density at radius 1 is 1.09 bits per heavy atom. The Morgan fingerprint density at radius 2 is 1.83 bits per heavy atom. The van der Waals surface area contributed by atoms with Crippen molar-refractivity contribution in [3.63, 3.8) is 0 Å². The van der Waals surface area contributed by atoms with Crippen molar-refractivity contribution in [2.45, 2.75) is 6.92 Å². The summed E-state index contributed by atoms with van der Waals surface area (Å²) < 4.78 is 11.8. The first-order chi connectivity index (χ1) is 10.9. The number of rotatable bonds is 5. The van der Waals surface area contributed by atoms with Crippen LogP contribution >= 0.6 is 31.9 Å². The summed E-state index contributed by atoms with van der Waals surface area (Å²) in [6, 6.07) is 9.50. The zero-order chi connectivity index (χ0) is 17.0. The van der Waals surface area contributed by atoms with Crippen LogP contribution in [0.15, 0.2) is 45.3 Å². The molecule has 0 aliphatic heterocycles. The van der Waals surface area contributed by atoms with Crippen LogP contribution in [0.5, 0.6) is 11.5 Å². The molecule has 0 heterocycles. The molecule has 0 atom stereocenters. The molecule has 120 valence electrons. The second-order valence-electron chi connectivity index (χ2n) is 4.62. The van der Waals surface area contributed by atoms with E-state index in [0.29, 0.717) is 10.2 Å². The highest BCUT2D eigenvalue weighted by Gasteiger charge is 2.12. The van der Waals surface area contributed by atoms with Crippen LogP contribution in [0.25, 0.3) is 0 Å². The van der Waals surface area contributed by atoms with E-state index in [-0.39, 0.29) is 17.9 Å². The van der Waals surface area contributed by atoms with Crippen LogP contribution in [0.2, 0.25) is 0 Å². The van der Waals surface area contributed by atoms with Gasteiger partial charge in [-0.25, -0.2) is 9.59 Å². The number of hydrogen-bond acceptors (Lipinski definition) is 4. The van der Waals surface area contributed by atoms with Crippen LogP contribution in [0.1, 0.15) is 15.9 Å². The maximum absolute atomic E-state index is 11.8. The van der Waals surface area contributed by atoms with E-state index in [4.69, 9.17) is 14.6 Å². The van der Waals surface area contributed by atoms with Gasteiger partial charge in [-0.3, -0.25) is 0 Å². The van der Waals surface area contributed by atoms with E-state index in [1.807, 2.05) is 13.0 Å². The molecule has 0 saturated carbocycles. The van der Waals surface area contributed by atoms with Crippen LogP contribution in [-0.2, 0) is 4.79 Å². The number of ether oxygens (including phenoxy) is 2. The van der Waals surface area contributed by atoms with Gasteiger partial charge in [0.15, 0.2) is 6.61 Å². The lowest BCUT2D eigenvalue weighted by molar-refractivity contribution is -0.136. The fourth-order valence-corrected chi connectivity index (χ4v) is 2.42. The average molecular weight is 444 g/mol. The number of esters is 1. The lowest BCUT2D eigenvalue weighted by atomic mass is 10.2. The van der Waals surface area contributed by atoms with Gasteiger partial charge in [0.1, 0.15) is 11.5 Å². The summed E-state index contributed by atoms with van der Waals surface area (Å²) in [5, 5.41) is 8.88. The summed E-state index contributed by atoms with van der Waals surface area (Å²) in [5.41, 5.74) is 1.08. The number of carboxylic acids is 1. The highest BCUT2D eigenvalue weighted by Crippen LogP contribution is 2.26. The zero-order valence-corrected chi connectivity index (χ0v) is 15.2. The molecule has 23 heavy (non-hydrogen) atoms. The van der Waals surface area contributed by atoms with E-state index in [0.717, 1.165) is 10.0 Å². The molecule has 2 aromatic carbocycles. The van der Waals surface area contributed by atoms with Crippen LogP contribution < -0.4 is 9.47 Å². The number of aryl methyl sites for hydroxylation is 1. The minimum atomic E-state index is -1.06. The van der Waals surface area contributed by atoms with Crippen molar-refractivity contribution in [3.8, 4) is 11.5 Å². The molecule has 0 aliphatic carbocycles. The van der Waals surface area contributed by atoms with Crippen molar-refractivity contribution in [1.82, 2.24) is 0 Å². The van der Waals surface area contributed by atoms with Gasteiger partial charge in [-0.1, -0.05) is 15.9 Å². The van der Waals surface area contributed by atoms with Crippen LogP contribution in [0.3, 0.4) is 0 Å². The van der Waals surface area contributed by atoms with Crippen molar-refractivity contribution >= 4 is 43.8 Å². The minimum absolute atomic E-state index is 0.0956. The summed E-state index contributed by atoms with van der Waals surface area (Å²) in [6.07, 6.45) is 0. The van der Waals surface area contributed by atoms with Gasteiger partial charge < -0.3 is 14.6 Å². The van der Waals surface area contributed by atoms with Gasteiger partial charge in [-0.2, -0.15) is 0 Å². The minimum Gasteiger partial charge on any atom is -0.482 e. The smallest absolute Gasteiger partial charge is 0.349 e. The Labute approximate surface area is 149 Å². The molecular weight excluding hydrogens is 432 g/mol. The molecular formula is C16H12Br2O5. The fraction of sp³-hybridized carbons (Fsp3) is 0.125. The number of hydrogen-bond donors (Lipinski definition) is 1. The standard InChI is InChI=1S/C16H12Br2O5/c1-9-6-11(3-4-12(9)17)22-8-15(19)23-14-5-2-10(16(20)21)7-13(14)18/h2-7H,8H2,1H3,(H,20,21). The number of carboxylic acid groups (broad SMARTS) is 1. The predicted molar refractivity (Wildman–Crippen MR) is 91.1 cm³/mol. The maximum Gasteiger partial charge on any atom is 0.349 e. The van der Waals surface area contributed by atoms with Gasteiger partial charge >= 0.3 is 11.9 Å². The monoisotopic (exact) mass is 442 g/mol. The van der Waals surface area contributed by atoms with Crippen molar-refractivity contribution in [2.24, 2.45) is 0 Å². The third-order valence-electron chi connectivity index (χ3n) is 2.89. The largest absolute Gasteiger partial charge is 0.482 e.